The molecule has 0 amide bonds. The number of thioether (sulfide) groups is 1. The maximum absolute atomic E-state index is 6.25. The van der Waals surface area contributed by atoms with Crippen molar-refractivity contribution in [1.82, 2.24) is 5.32 Å². The third kappa shape index (κ3) is 4.68. The molecule has 1 N–H and O–H groups in total. The number of nitrogens with one attached hydrogen (secondary N) is 1. The van der Waals surface area contributed by atoms with Crippen LogP contribution in [-0.4, -0.2) is 18.3 Å². The van der Waals surface area contributed by atoms with Crippen molar-refractivity contribution in [2.45, 2.75) is 50.5 Å². The van der Waals surface area contributed by atoms with Gasteiger partial charge in [0.2, 0.25) is 0 Å². The Balaban J connectivity index is 1.93. The highest BCUT2D eigenvalue weighted by Gasteiger charge is 2.26. The maximum atomic E-state index is 6.25. The Kier molecular flexibility index (Phi) is 6.73. The number of halogens is 1. The minimum Gasteiger partial charge on any atom is -0.313 e. The molecule has 1 aliphatic carbocycles. The van der Waals surface area contributed by atoms with Gasteiger partial charge >= 0.3 is 0 Å². The van der Waals surface area contributed by atoms with Crippen molar-refractivity contribution in [1.29, 1.82) is 0 Å². The Bertz CT molecular complexity index is 410. The average molecular weight is 312 g/mol. The molecule has 3 heteroatoms. The molecule has 1 aliphatic rings. The SMILES string of the molecule is CCNC(CSc1ccccc1Cl)C1CCCC(C)C1. The minimum atomic E-state index is 0.615. The zero-order chi connectivity index (χ0) is 14.4. The van der Waals surface area contributed by atoms with Gasteiger partial charge in [-0.3, -0.25) is 0 Å². The lowest BCUT2D eigenvalue weighted by Crippen LogP contribution is -2.40. The van der Waals surface area contributed by atoms with E-state index in [0.29, 0.717) is 6.04 Å². The van der Waals surface area contributed by atoms with Gasteiger partial charge in [0, 0.05) is 16.7 Å². The molecule has 3 unspecified atom stereocenters. The zero-order valence-corrected chi connectivity index (χ0v) is 14.1. The Morgan fingerprint density at radius 3 is 2.85 bits per heavy atom. The van der Waals surface area contributed by atoms with Crippen LogP contribution in [0.15, 0.2) is 29.2 Å². The van der Waals surface area contributed by atoms with Gasteiger partial charge in [-0.15, -0.1) is 11.8 Å². The zero-order valence-electron chi connectivity index (χ0n) is 12.6. The van der Waals surface area contributed by atoms with Gasteiger partial charge in [-0.05, 0) is 43.4 Å². The van der Waals surface area contributed by atoms with Crippen LogP contribution in [0.5, 0.6) is 0 Å². The Labute approximate surface area is 132 Å². The predicted octanol–water partition coefficient (Wildman–Crippen LogP) is 5.24. The summed E-state index contributed by atoms with van der Waals surface area (Å²) in [7, 11) is 0. The van der Waals surface area contributed by atoms with E-state index in [1.54, 1.807) is 0 Å². The van der Waals surface area contributed by atoms with Crippen LogP contribution in [0.25, 0.3) is 0 Å². The van der Waals surface area contributed by atoms with Crippen LogP contribution in [0.3, 0.4) is 0 Å². The van der Waals surface area contributed by atoms with Gasteiger partial charge < -0.3 is 5.32 Å². The van der Waals surface area contributed by atoms with Crippen LogP contribution in [0.2, 0.25) is 5.02 Å². The highest BCUT2D eigenvalue weighted by Crippen LogP contribution is 2.34. The average Bonchev–Trinajstić information content (AvgIpc) is 2.45. The van der Waals surface area contributed by atoms with E-state index < -0.39 is 0 Å². The van der Waals surface area contributed by atoms with Crippen molar-refractivity contribution in [2.75, 3.05) is 12.3 Å². The lowest BCUT2D eigenvalue weighted by atomic mass is 9.79. The largest absolute Gasteiger partial charge is 0.313 e. The summed E-state index contributed by atoms with van der Waals surface area (Å²) in [6.07, 6.45) is 5.56. The van der Waals surface area contributed by atoms with Crippen LogP contribution in [-0.2, 0) is 0 Å². The molecule has 0 aliphatic heterocycles. The van der Waals surface area contributed by atoms with Crippen molar-refractivity contribution in [3.63, 3.8) is 0 Å². The van der Waals surface area contributed by atoms with Crippen LogP contribution in [0.1, 0.15) is 39.5 Å². The van der Waals surface area contributed by atoms with Crippen molar-refractivity contribution < 1.29 is 0 Å². The van der Waals surface area contributed by atoms with Crippen molar-refractivity contribution >= 4 is 23.4 Å². The number of hydrogen-bond donors (Lipinski definition) is 1. The van der Waals surface area contributed by atoms with Gasteiger partial charge in [0.1, 0.15) is 0 Å². The number of rotatable bonds is 6. The van der Waals surface area contributed by atoms with E-state index in [4.69, 9.17) is 11.6 Å². The summed E-state index contributed by atoms with van der Waals surface area (Å²) in [6, 6.07) is 8.79. The van der Waals surface area contributed by atoms with Crippen LogP contribution in [0.4, 0.5) is 0 Å². The van der Waals surface area contributed by atoms with Crippen LogP contribution >= 0.6 is 23.4 Å². The molecule has 1 aromatic carbocycles. The Morgan fingerprint density at radius 2 is 2.15 bits per heavy atom. The molecule has 0 bridgehead atoms. The fourth-order valence-corrected chi connectivity index (χ4v) is 4.64. The van der Waals surface area contributed by atoms with E-state index in [1.165, 1.54) is 30.6 Å². The fourth-order valence-electron chi connectivity index (χ4n) is 3.21. The van der Waals surface area contributed by atoms with Gasteiger partial charge in [0.15, 0.2) is 0 Å². The lowest BCUT2D eigenvalue weighted by Gasteiger charge is -2.33. The molecule has 0 radical (unpaired) electrons. The van der Waals surface area contributed by atoms with Crippen molar-refractivity contribution in [3.8, 4) is 0 Å². The van der Waals surface area contributed by atoms with Crippen molar-refractivity contribution in [3.05, 3.63) is 29.3 Å². The summed E-state index contributed by atoms with van der Waals surface area (Å²) in [4.78, 5) is 1.21. The molecule has 0 spiro atoms. The number of benzene rings is 1. The fraction of sp³-hybridized carbons (Fsp3) is 0.647. The predicted molar refractivity (Wildman–Crippen MR) is 90.8 cm³/mol. The van der Waals surface area contributed by atoms with Crippen LogP contribution in [0, 0.1) is 11.8 Å². The molecule has 3 atom stereocenters. The van der Waals surface area contributed by atoms with Gasteiger partial charge in [0.05, 0.1) is 5.02 Å². The first-order chi connectivity index (χ1) is 9.70. The number of hydrogen-bond acceptors (Lipinski definition) is 2. The topological polar surface area (TPSA) is 12.0 Å². The minimum absolute atomic E-state index is 0.615. The van der Waals surface area contributed by atoms with Gasteiger partial charge in [0.25, 0.3) is 0 Å². The highest BCUT2D eigenvalue weighted by molar-refractivity contribution is 7.99. The molecule has 20 heavy (non-hydrogen) atoms. The van der Waals surface area contributed by atoms with E-state index in [2.05, 4.69) is 31.3 Å². The molecule has 112 valence electrons. The third-order valence-electron chi connectivity index (χ3n) is 4.27. The first-order valence-electron chi connectivity index (χ1n) is 7.81. The summed E-state index contributed by atoms with van der Waals surface area (Å²) in [5.41, 5.74) is 0. The second-order valence-electron chi connectivity index (χ2n) is 5.94. The molecule has 1 fully saturated rings. The molecule has 1 aromatic rings. The molecule has 0 aromatic heterocycles. The Hall–Kier alpha value is -0.180. The van der Waals surface area contributed by atoms with E-state index in [9.17, 15) is 0 Å². The van der Waals surface area contributed by atoms with Crippen molar-refractivity contribution in [2.24, 2.45) is 11.8 Å². The Morgan fingerprint density at radius 1 is 1.35 bits per heavy atom. The summed E-state index contributed by atoms with van der Waals surface area (Å²) in [6.45, 7) is 5.66. The van der Waals surface area contributed by atoms with E-state index in [-0.39, 0.29) is 0 Å². The van der Waals surface area contributed by atoms with E-state index in [1.807, 2.05) is 23.9 Å². The molecule has 1 saturated carbocycles. The molecule has 0 heterocycles. The monoisotopic (exact) mass is 311 g/mol. The first-order valence-corrected chi connectivity index (χ1v) is 9.17. The third-order valence-corrected chi connectivity index (χ3v) is 5.90. The molecular weight excluding hydrogens is 286 g/mol. The summed E-state index contributed by atoms with van der Waals surface area (Å²) in [5, 5.41) is 4.58. The summed E-state index contributed by atoms with van der Waals surface area (Å²) < 4.78 is 0. The normalized spacial score (nSPS) is 24.6. The highest BCUT2D eigenvalue weighted by atomic mass is 35.5. The smallest absolute Gasteiger partial charge is 0.0541 e. The molecule has 0 saturated heterocycles. The quantitative estimate of drug-likeness (QED) is 0.721. The maximum Gasteiger partial charge on any atom is 0.0541 e. The first kappa shape index (κ1) is 16.2. The molecule has 2 rings (SSSR count). The van der Waals surface area contributed by atoms with Crippen LogP contribution < -0.4 is 5.32 Å². The summed E-state index contributed by atoms with van der Waals surface area (Å²) >= 11 is 8.15. The second kappa shape index (κ2) is 8.31. The van der Waals surface area contributed by atoms with Gasteiger partial charge in [-0.2, -0.15) is 0 Å². The molecular formula is C17H26ClNS. The van der Waals surface area contributed by atoms with Gasteiger partial charge in [-0.25, -0.2) is 0 Å². The van der Waals surface area contributed by atoms with E-state index >= 15 is 0 Å². The van der Waals surface area contributed by atoms with E-state index in [0.717, 1.165) is 29.2 Å². The lowest BCUT2D eigenvalue weighted by molar-refractivity contribution is 0.235. The van der Waals surface area contributed by atoms with Gasteiger partial charge in [-0.1, -0.05) is 50.4 Å². The standard InChI is InChI=1S/C17H26ClNS/c1-3-19-16(14-8-6-7-13(2)11-14)12-20-17-10-5-4-9-15(17)18/h4-5,9-10,13-14,16,19H,3,6-8,11-12H2,1-2H3. The molecule has 1 nitrogen and oxygen atoms in total. The summed E-state index contributed by atoms with van der Waals surface area (Å²) in [5.74, 6) is 2.84. The second-order valence-corrected chi connectivity index (χ2v) is 7.41.